The Morgan fingerprint density at radius 1 is 1.20 bits per heavy atom. The van der Waals surface area contributed by atoms with Gasteiger partial charge in [0.25, 0.3) is 0 Å². The van der Waals surface area contributed by atoms with Gasteiger partial charge in [-0.25, -0.2) is 0 Å². The molecule has 2 aromatic carbocycles. The second-order valence-corrected chi connectivity index (χ2v) is 9.03. The Morgan fingerprint density at radius 2 is 1.93 bits per heavy atom. The molecular weight excluding hydrogens is 366 g/mol. The summed E-state index contributed by atoms with van der Waals surface area (Å²) in [6.07, 6.45) is 3.87. The van der Waals surface area contributed by atoms with Crippen LogP contribution in [0.3, 0.4) is 0 Å². The van der Waals surface area contributed by atoms with Gasteiger partial charge < -0.3 is 4.90 Å². The molecule has 0 spiro atoms. The summed E-state index contributed by atoms with van der Waals surface area (Å²) in [6.45, 7) is 16.4. The lowest BCUT2D eigenvalue weighted by Crippen LogP contribution is -2.20. The minimum atomic E-state index is 0.627. The zero-order valence-electron chi connectivity index (χ0n) is 18.7. The van der Waals surface area contributed by atoms with Crippen molar-refractivity contribution in [1.82, 2.24) is 9.80 Å². The number of hydrogen-bond acceptors (Lipinski definition) is 3. The monoisotopic (exact) mass is 397 g/mol. The number of rotatable bonds is 6. The molecule has 30 heavy (non-hydrogen) atoms. The summed E-state index contributed by atoms with van der Waals surface area (Å²) >= 11 is 0. The molecule has 4 aliphatic heterocycles. The number of benzene rings is 2. The van der Waals surface area contributed by atoms with Crippen LogP contribution in [0.5, 0.6) is 0 Å². The summed E-state index contributed by atoms with van der Waals surface area (Å²) in [7, 11) is 0. The van der Waals surface area contributed by atoms with E-state index in [-0.39, 0.29) is 0 Å². The highest BCUT2D eigenvalue weighted by molar-refractivity contribution is 6.03. The van der Waals surface area contributed by atoms with Gasteiger partial charge in [0.2, 0.25) is 0 Å². The van der Waals surface area contributed by atoms with Crippen LogP contribution in [-0.4, -0.2) is 40.3 Å². The lowest BCUT2D eigenvalue weighted by atomic mass is 9.98. The van der Waals surface area contributed by atoms with Gasteiger partial charge in [-0.05, 0) is 85.7 Å². The van der Waals surface area contributed by atoms with E-state index in [2.05, 4.69) is 93.5 Å². The van der Waals surface area contributed by atoms with E-state index in [4.69, 9.17) is 4.99 Å². The molecule has 3 nitrogen and oxygen atoms in total. The van der Waals surface area contributed by atoms with Crippen LogP contribution in [0, 0.1) is 13.8 Å². The van der Waals surface area contributed by atoms with Crippen molar-refractivity contribution in [3.8, 4) is 0 Å². The summed E-state index contributed by atoms with van der Waals surface area (Å²) in [4.78, 5) is 10.1. The van der Waals surface area contributed by atoms with E-state index in [0.717, 1.165) is 42.1 Å². The Balaban J connectivity index is 1.46. The standard InChI is InChI=1S/C27H31N3/c1-7-21-13-23(20(6)29-15-25-26-27(29)30(25)26)14-24(18(21)4)28-19(5)17(3)12-22-11-9-8-10-16(22)2/h8-14,25-27H,6-7,15H2,1-5H3/b17-12+,28-19+. The largest absolute Gasteiger partial charge is 0.353 e. The van der Waals surface area contributed by atoms with Crippen molar-refractivity contribution < 1.29 is 0 Å². The summed E-state index contributed by atoms with van der Waals surface area (Å²) < 4.78 is 0. The average Bonchev–Trinajstić information content (AvgIpc) is 3.55. The van der Waals surface area contributed by atoms with Gasteiger partial charge >= 0.3 is 0 Å². The molecule has 0 amide bonds. The highest BCUT2D eigenvalue weighted by Gasteiger charge is 2.79. The first-order chi connectivity index (χ1) is 14.4. The van der Waals surface area contributed by atoms with Gasteiger partial charge in [0.15, 0.2) is 0 Å². The Bertz CT molecular complexity index is 1090. The van der Waals surface area contributed by atoms with Crippen molar-refractivity contribution in [2.24, 2.45) is 4.99 Å². The summed E-state index contributed by atoms with van der Waals surface area (Å²) in [5.74, 6) is 0. The van der Waals surface area contributed by atoms with Gasteiger partial charge in [0.1, 0.15) is 6.17 Å². The molecule has 0 N–H and O–H groups in total. The van der Waals surface area contributed by atoms with Crippen LogP contribution in [-0.2, 0) is 6.42 Å². The maximum Gasteiger partial charge on any atom is 0.100 e. The molecular formula is C27H31N3. The molecule has 0 radical (unpaired) electrons. The minimum absolute atomic E-state index is 0.627. The van der Waals surface area contributed by atoms with E-state index in [1.807, 2.05) is 0 Å². The fraction of sp³-hybridized carbons (Fsp3) is 0.370. The Hall–Kier alpha value is -2.65. The van der Waals surface area contributed by atoms with E-state index >= 15 is 0 Å². The predicted octanol–water partition coefficient (Wildman–Crippen LogP) is 5.74. The lowest BCUT2D eigenvalue weighted by molar-refractivity contribution is 0.442. The molecule has 0 aliphatic carbocycles. The number of piperazine rings is 1. The molecule has 3 heteroatoms. The number of aliphatic imine (C=N–C) groups is 1. The molecule has 4 heterocycles. The second-order valence-electron chi connectivity index (χ2n) is 9.03. The van der Waals surface area contributed by atoms with E-state index in [0.29, 0.717) is 6.17 Å². The molecule has 4 saturated heterocycles. The molecule has 6 rings (SSSR count). The average molecular weight is 398 g/mol. The fourth-order valence-electron chi connectivity index (χ4n) is 4.92. The van der Waals surface area contributed by atoms with Crippen LogP contribution in [0.4, 0.5) is 5.69 Å². The fourth-order valence-corrected chi connectivity index (χ4v) is 4.92. The van der Waals surface area contributed by atoms with Gasteiger partial charge in [0.05, 0.1) is 11.7 Å². The second kappa shape index (κ2) is 6.95. The third-order valence-electron chi connectivity index (χ3n) is 7.22. The normalized spacial score (nSPS) is 26.6. The smallest absolute Gasteiger partial charge is 0.100 e. The van der Waals surface area contributed by atoms with Crippen LogP contribution in [0.15, 0.2) is 53.5 Å². The predicted molar refractivity (Wildman–Crippen MR) is 127 cm³/mol. The first-order valence-electron chi connectivity index (χ1n) is 11.1. The van der Waals surface area contributed by atoms with E-state index in [1.54, 1.807) is 0 Å². The van der Waals surface area contributed by atoms with Crippen LogP contribution in [0.2, 0.25) is 0 Å². The van der Waals surface area contributed by atoms with Gasteiger partial charge in [-0.15, -0.1) is 0 Å². The summed E-state index contributed by atoms with van der Waals surface area (Å²) in [6, 6.07) is 14.7. The number of allylic oxidation sites excluding steroid dienone is 1. The van der Waals surface area contributed by atoms with Crippen molar-refractivity contribution in [2.45, 2.75) is 59.3 Å². The topological polar surface area (TPSA) is 18.6 Å². The summed E-state index contributed by atoms with van der Waals surface area (Å²) in [5, 5.41) is 0. The van der Waals surface area contributed by atoms with Crippen molar-refractivity contribution in [3.05, 3.63) is 76.4 Å². The van der Waals surface area contributed by atoms with Gasteiger partial charge in [-0.3, -0.25) is 9.89 Å². The minimum Gasteiger partial charge on any atom is -0.353 e. The molecule has 4 aliphatic rings. The van der Waals surface area contributed by atoms with Crippen LogP contribution in [0.1, 0.15) is 48.6 Å². The van der Waals surface area contributed by atoms with Crippen molar-refractivity contribution in [1.29, 1.82) is 0 Å². The van der Waals surface area contributed by atoms with Gasteiger partial charge in [-0.1, -0.05) is 37.8 Å². The van der Waals surface area contributed by atoms with Crippen LogP contribution < -0.4 is 0 Å². The highest BCUT2D eigenvalue weighted by atomic mass is 15.7. The van der Waals surface area contributed by atoms with Gasteiger partial charge in [-0.2, -0.15) is 0 Å². The molecule has 0 saturated carbocycles. The van der Waals surface area contributed by atoms with E-state index in [9.17, 15) is 0 Å². The van der Waals surface area contributed by atoms with Crippen LogP contribution >= 0.6 is 0 Å². The Labute approximate surface area is 180 Å². The SMILES string of the molecule is C=C(c1cc(CC)c(C)c(/N=C(C)/C(C)=C/c2ccccc2C)c1)N1CC2C3C1N23. The number of nitrogens with zero attached hydrogens (tertiary/aromatic N) is 3. The van der Waals surface area contributed by atoms with Crippen molar-refractivity contribution >= 4 is 23.2 Å². The highest BCUT2D eigenvalue weighted by Crippen LogP contribution is 2.61. The zero-order valence-corrected chi connectivity index (χ0v) is 18.7. The van der Waals surface area contributed by atoms with E-state index < -0.39 is 0 Å². The molecule has 154 valence electrons. The Morgan fingerprint density at radius 3 is 2.57 bits per heavy atom. The third-order valence-corrected chi connectivity index (χ3v) is 7.22. The molecule has 0 aromatic heterocycles. The third kappa shape index (κ3) is 3.04. The Kier molecular flexibility index (Phi) is 4.48. The molecule has 2 aromatic rings. The van der Waals surface area contributed by atoms with E-state index in [1.165, 1.54) is 33.4 Å². The summed E-state index contributed by atoms with van der Waals surface area (Å²) in [5.41, 5.74) is 10.9. The first kappa shape index (κ1) is 19.3. The number of fused-ring (bicyclic) bond motifs is 1. The van der Waals surface area contributed by atoms with Crippen molar-refractivity contribution in [2.75, 3.05) is 6.54 Å². The van der Waals surface area contributed by atoms with Crippen molar-refractivity contribution in [3.63, 3.8) is 0 Å². The number of aryl methyl sites for hydroxylation is 2. The molecule has 4 unspecified atom stereocenters. The first-order valence-corrected chi connectivity index (χ1v) is 11.1. The zero-order chi connectivity index (χ0) is 21.2. The van der Waals surface area contributed by atoms with Crippen LogP contribution in [0.25, 0.3) is 11.8 Å². The lowest BCUT2D eigenvalue weighted by Gasteiger charge is -2.22. The number of hydrogen-bond donors (Lipinski definition) is 0. The van der Waals surface area contributed by atoms with Gasteiger partial charge in [0, 0.05) is 24.0 Å². The quantitative estimate of drug-likeness (QED) is 0.457. The maximum atomic E-state index is 5.08. The molecule has 2 bridgehead atoms. The maximum absolute atomic E-state index is 5.08. The molecule has 4 fully saturated rings. The molecule has 4 atom stereocenters.